The van der Waals surface area contributed by atoms with Crippen LogP contribution >= 0.6 is 46.0 Å². The number of nitrogens with zero attached hydrogens (tertiary/aromatic N) is 4. The molecule has 0 saturated heterocycles. The van der Waals surface area contributed by atoms with Gasteiger partial charge in [0.15, 0.2) is 4.34 Å². The van der Waals surface area contributed by atoms with Crippen molar-refractivity contribution in [2.45, 2.75) is 4.34 Å². The Kier molecular flexibility index (Phi) is 5.06. The molecule has 0 aliphatic heterocycles. The Bertz CT molecular complexity index is 818. The first-order valence-electron chi connectivity index (χ1n) is 6.21. The first-order chi connectivity index (χ1) is 11.1. The largest absolute Gasteiger partial charge is 0.374 e. The third-order valence-electron chi connectivity index (χ3n) is 2.51. The maximum atomic E-state index is 11.9. The molecular formula is C12H9ClN6OS3. The topological polar surface area (TPSA) is 107 Å². The van der Waals surface area contributed by atoms with Gasteiger partial charge in [-0.05, 0) is 12.1 Å². The van der Waals surface area contributed by atoms with Crippen LogP contribution in [0.4, 0.5) is 10.3 Å². The van der Waals surface area contributed by atoms with Gasteiger partial charge in [-0.25, -0.2) is 0 Å². The number of thioether (sulfide) groups is 1. The van der Waals surface area contributed by atoms with Crippen LogP contribution in [0.15, 0.2) is 28.6 Å². The van der Waals surface area contributed by atoms with Crippen molar-refractivity contribution in [2.24, 2.45) is 0 Å². The molecule has 0 aliphatic carbocycles. The predicted molar refractivity (Wildman–Crippen MR) is 94.0 cm³/mol. The Morgan fingerprint density at radius 2 is 1.96 bits per heavy atom. The van der Waals surface area contributed by atoms with Crippen molar-refractivity contribution in [1.82, 2.24) is 20.4 Å². The standard InChI is InChI=1S/C12H9ClN6OS3/c13-7-3-1-6(2-4-7)9-16-18-11(22-9)15-8(20)5-21-12-19-17-10(14)23-12/h1-4H,5H2,(H2,14,17)(H,15,18,20). The van der Waals surface area contributed by atoms with Crippen LogP contribution in [0.2, 0.25) is 5.02 Å². The minimum atomic E-state index is -0.192. The Balaban J connectivity index is 1.58. The van der Waals surface area contributed by atoms with Gasteiger partial charge in [-0.15, -0.1) is 20.4 Å². The van der Waals surface area contributed by atoms with Crippen LogP contribution < -0.4 is 11.1 Å². The van der Waals surface area contributed by atoms with Crippen molar-refractivity contribution in [2.75, 3.05) is 16.8 Å². The third-order valence-corrected chi connectivity index (χ3v) is 5.54. The number of carbonyl (C=O) groups excluding carboxylic acids is 1. The van der Waals surface area contributed by atoms with E-state index < -0.39 is 0 Å². The second-order valence-corrected chi connectivity index (χ2v) is 7.81. The van der Waals surface area contributed by atoms with E-state index >= 15 is 0 Å². The molecule has 0 bridgehead atoms. The molecule has 3 rings (SSSR count). The zero-order chi connectivity index (χ0) is 16.2. The number of nitrogen functional groups attached to an aromatic ring is 1. The number of benzene rings is 1. The number of nitrogens with one attached hydrogen (secondary N) is 1. The summed E-state index contributed by atoms with van der Waals surface area (Å²) in [6.45, 7) is 0. The lowest BCUT2D eigenvalue weighted by atomic mass is 10.2. The van der Waals surface area contributed by atoms with Crippen molar-refractivity contribution in [1.29, 1.82) is 0 Å². The fourth-order valence-electron chi connectivity index (χ4n) is 1.54. The molecule has 0 atom stereocenters. The minimum absolute atomic E-state index is 0.192. The summed E-state index contributed by atoms with van der Waals surface area (Å²) in [4.78, 5) is 11.9. The van der Waals surface area contributed by atoms with Gasteiger partial charge in [-0.3, -0.25) is 10.1 Å². The average molecular weight is 385 g/mol. The fraction of sp³-hybridized carbons (Fsp3) is 0.0833. The van der Waals surface area contributed by atoms with Crippen molar-refractivity contribution >= 4 is 62.2 Å². The third kappa shape index (κ3) is 4.38. The quantitative estimate of drug-likeness (QED) is 0.651. The Hall–Kier alpha value is -1.75. The molecule has 0 saturated carbocycles. The van der Waals surface area contributed by atoms with E-state index in [2.05, 4.69) is 25.7 Å². The molecule has 0 fully saturated rings. The maximum absolute atomic E-state index is 11.9. The highest BCUT2D eigenvalue weighted by Crippen LogP contribution is 2.28. The van der Waals surface area contributed by atoms with Crippen LogP contribution in [0, 0.1) is 0 Å². The monoisotopic (exact) mass is 384 g/mol. The van der Waals surface area contributed by atoms with Crippen molar-refractivity contribution < 1.29 is 4.79 Å². The number of hydrogen-bond acceptors (Lipinski definition) is 9. The lowest BCUT2D eigenvalue weighted by Crippen LogP contribution is -2.13. The summed E-state index contributed by atoms with van der Waals surface area (Å²) in [6.07, 6.45) is 0. The molecule has 0 radical (unpaired) electrons. The highest BCUT2D eigenvalue weighted by atomic mass is 35.5. The number of rotatable bonds is 5. The van der Waals surface area contributed by atoms with Crippen LogP contribution in [-0.2, 0) is 4.79 Å². The van der Waals surface area contributed by atoms with Gasteiger partial charge >= 0.3 is 0 Å². The van der Waals surface area contributed by atoms with Crippen LogP contribution in [0.1, 0.15) is 0 Å². The predicted octanol–water partition coefficient (Wildman–Crippen LogP) is 3.02. The van der Waals surface area contributed by atoms with E-state index in [0.29, 0.717) is 24.6 Å². The minimum Gasteiger partial charge on any atom is -0.374 e. The smallest absolute Gasteiger partial charge is 0.236 e. The first kappa shape index (κ1) is 16.1. The zero-order valence-corrected chi connectivity index (χ0v) is 14.6. The Morgan fingerprint density at radius 3 is 2.65 bits per heavy atom. The molecular weight excluding hydrogens is 376 g/mol. The molecule has 2 aromatic heterocycles. The van der Waals surface area contributed by atoms with E-state index in [-0.39, 0.29) is 11.7 Å². The number of aromatic nitrogens is 4. The molecule has 23 heavy (non-hydrogen) atoms. The first-order valence-corrected chi connectivity index (χ1v) is 9.21. The van der Waals surface area contributed by atoms with Gasteiger partial charge in [-0.1, -0.05) is 58.2 Å². The number of anilines is 2. The van der Waals surface area contributed by atoms with Crippen molar-refractivity contribution in [3.63, 3.8) is 0 Å². The molecule has 0 aliphatic rings. The number of carbonyl (C=O) groups is 1. The summed E-state index contributed by atoms with van der Waals surface area (Å²) in [6, 6.07) is 7.26. The van der Waals surface area contributed by atoms with Crippen LogP contribution in [0.3, 0.4) is 0 Å². The van der Waals surface area contributed by atoms with E-state index in [0.717, 1.165) is 5.56 Å². The van der Waals surface area contributed by atoms with E-state index in [1.165, 1.54) is 34.4 Å². The second kappa shape index (κ2) is 7.21. The van der Waals surface area contributed by atoms with Crippen LogP contribution in [-0.4, -0.2) is 32.1 Å². The lowest BCUT2D eigenvalue weighted by molar-refractivity contribution is -0.113. The zero-order valence-electron chi connectivity index (χ0n) is 11.4. The molecule has 1 amide bonds. The van der Waals surface area contributed by atoms with Crippen molar-refractivity contribution in [3.8, 4) is 10.6 Å². The van der Waals surface area contributed by atoms with E-state index in [9.17, 15) is 4.79 Å². The van der Waals surface area contributed by atoms with Gasteiger partial charge in [0.05, 0.1) is 5.75 Å². The van der Waals surface area contributed by atoms with Gasteiger partial charge in [-0.2, -0.15) is 0 Å². The summed E-state index contributed by atoms with van der Waals surface area (Å²) >= 11 is 9.65. The number of amides is 1. The van der Waals surface area contributed by atoms with Crippen LogP contribution in [0.25, 0.3) is 10.6 Å². The molecule has 2 heterocycles. The molecule has 3 N–H and O–H groups in total. The molecule has 118 valence electrons. The van der Waals surface area contributed by atoms with Gasteiger partial charge in [0, 0.05) is 10.6 Å². The van der Waals surface area contributed by atoms with E-state index in [1.54, 1.807) is 12.1 Å². The molecule has 0 unspecified atom stereocenters. The van der Waals surface area contributed by atoms with Gasteiger partial charge in [0.1, 0.15) is 5.01 Å². The van der Waals surface area contributed by atoms with Gasteiger partial charge in [0.25, 0.3) is 0 Å². The SMILES string of the molecule is Nc1nnc(SCC(=O)Nc2nnc(-c3ccc(Cl)cc3)s2)s1. The number of hydrogen-bond donors (Lipinski definition) is 2. The number of halogens is 1. The molecule has 11 heteroatoms. The molecule has 3 aromatic rings. The highest BCUT2D eigenvalue weighted by molar-refractivity contribution is 8.01. The molecule has 7 nitrogen and oxygen atoms in total. The van der Waals surface area contributed by atoms with Crippen molar-refractivity contribution in [3.05, 3.63) is 29.3 Å². The summed E-state index contributed by atoms with van der Waals surface area (Å²) in [5.74, 6) is 0.00684. The fourth-order valence-corrected chi connectivity index (χ4v) is 3.87. The normalized spacial score (nSPS) is 10.7. The van der Waals surface area contributed by atoms with E-state index in [4.69, 9.17) is 17.3 Å². The van der Waals surface area contributed by atoms with E-state index in [1.807, 2.05) is 12.1 Å². The summed E-state index contributed by atoms with van der Waals surface area (Å²) in [7, 11) is 0. The lowest BCUT2D eigenvalue weighted by Gasteiger charge is -1.98. The Labute approximate surface area is 148 Å². The molecule has 1 aromatic carbocycles. The van der Waals surface area contributed by atoms with Gasteiger partial charge in [0.2, 0.25) is 16.2 Å². The Morgan fingerprint density at radius 1 is 1.17 bits per heavy atom. The summed E-state index contributed by atoms with van der Waals surface area (Å²) in [5.41, 5.74) is 6.38. The number of nitrogens with two attached hydrogens (primary N) is 1. The summed E-state index contributed by atoms with van der Waals surface area (Å²) < 4.78 is 0.650. The molecule has 0 spiro atoms. The van der Waals surface area contributed by atoms with Crippen LogP contribution in [0.5, 0.6) is 0 Å². The maximum Gasteiger partial charge on any atom is 0.236 e. The highest BCUT2D eigenvalue weighted by Gasteiger charge is 2.11. The summed E-state index contributed by atoms with van der Waals surface area (Å²) in [5, 5.41) is 20.4. The second-order valence-electron chi connectivity index (χ2n) is 4.16. The average Bonchev–Trinajstić information content (AvgIpc) is 3.15. The van der Waals surface area contributed by atoms with Gasteiger partial charge < -0.3 is 5.73 Å².